The van der Waals surface area contributed by atoms with Crippen molar-refractivity contribution in [2.45, 2.75) is 17.7 Å². The molecular weight excluding hydrogens is 154 g/mol. The highest BCUT2D eigenvalue weighted by molar-refractivity contribution is 9.09. The molecular formula is C5H6BrN. The third-order valence-corrected chi connectivity index (χ3v) is 2.11. The number of halogens is 1. The minimum Gasteiger partial charge on any atom is -0.197 e. The van der Waals surface area contributed by atoms with Gasteiger partial charge in [0.15, 0.2) is 0 Å². The molecule has 0 amide bonds. The van der Waals surface area contributed by atoms with Crippen LogP contribution in [-0.4, -0.2) is 4.83 Å². The summed E-state index contributed by atoms with van der Waals surface area (Å²) in [7, 11) is 0. The van der Waals surface area contributed by atoms with Crippen molar-refractivity contribution < 1.29 is 0 Å². The van der Waals surface area contributed by atoms with Crippen molar-refractivity contribution in [2.75, 3.05) is 0 Å². The van der Waals surface area contributed by atoms with Gasteiger partial charge in [0.2, 0.25) is 0 Å². The monoisotopic (exact) mass is 159 g/mol. The summed E-state index contributed by atoms with van der Waals surface area (Å²) in [4.78, 5) is 0.132. The molecule has 0 unspecified atom stereocenters. The van der Waals surface area contributed by atoms with E-state index in [1.165, 1.54) is 12.8 Å². The predicted molar refractivity (Wildman–Crippen MR) is 31.1 cm³/mol. The van der Waals surface area contributed by atoms with E-state index >= 15 is 0 Å². The van der Waals surface area contributed by atoms with Crippen molar-refractivity contribution >= 4 is 15.9 Å². The van der Waals surface area contributed by atoms with Gasteiger partial charge in [0.1, 0.15) is 4.83 Å². The van der Waals surface area contributed by atoms with Crippen molar-refractivity contribution in [2.24, 2.45) is 5.92 Å². The summed E-state index contributed by atoms with van der Waals surface area (Å²) < 4.78 is 0. The molecule has 1 nitrogen and oxygen atoms in total. The summed E-state index contributed by atoms with van der Waals surface area (Å²) >= 11 is 3.24. The molecule has 1 fully saturated rings. The fraction of sp³-hybridized carbons (Fsp3) is 0.800. The van der Waals surface area contributed by atoms with Crippen LogP contribution >= 0.6 is 15.9 Å². The van der Waals surface area contributed by atoms with Crippen LogP contribution in [0, 0.1) is 17.2 Å². The van der Waals surface area contributed by atoms with Gasteiger partial charge in [-0.15, -0.1) is 0 Å². The van der Waals surface area contributed by atoms with E-state index in [2.05, 4.69) is 22.0 Å². The maximum atomic E-state index is 8.25. The van der Waals surface area contributed by atoms with Gasteiger partial charge in [0, 0.05) is 0 Å². The fourth-order valence-corrected chi connectivity index (χ4v) is 1.02. The minimum atomic E-state index is 0.132. The van der Waals surface area contributed by atoms with Crippen molar-refractivity contribution in [1.82, 2.24) is 0 Å². The second-order valence-electron chi connectivity index (χ2n) is 1.87. The second kappa shape index (κ2) is 1.83. The molecule has 1 saturated carbocycles. The number of rotatable bonds is 1. The maximum absolute atomic E-state index is 8.25. The number of hydrogen-bond donors (Lipinski definition) is 0. The standard InChI is InChI=1S/C5H6BrN/c6-5(3-7)4-1-2-4/h4-5H,1-2H2/t5-/m0/s1. The molecule has 1 rings (SSSR count). The highest BCUT2D eigenvalue weighted by atomic mass is 79.9. The Morgan fingerprint density at radius 3 is 2.43 bits per heavy atom. The summed E-state index contributed by atoms with van der Waals surface area (Å²) in [6.45, 7) is 0. The van der Waals surface area contributed by atoms with Crippen LogP contribution < -0.4 is 0 Å². The van der Waals surface area contributed by atoms with E-state index in [-0.39, 0.29) is 4.83 Å². The van der Waals surface area contributed by atoms with Crippen molar-refractivity contribution in [3.8, 4) is 6.07 Å². The van der Waals surface area contributed by atoms with E-state index < -0.39 is 0 Å². The number of nitrogens with zero attached hydrogens (tertiary/aromatic N) is 1. The third-order valence-electron chi connectivity index (χ3n) is 1.16. The second-order valence-corrected chi connectivity index (χ2v) is 2.85. The Labute approximate surface area is 51.5 Å². The molecule has 38 valence electrons. The predicted octanol–water partition coefficient (Wildman–Crippen LogP) is 1.68. The SMILES string of the molecule is N#C[C@H](Br)C1CC1. The Morgan fingerprint density at radius 1 is 1.71 bits per heavy atom. The minimum absolute atomic E-state index is 0.132. The molecule has 0 aromatic heterocycles. The summed E-state index contributed by atoms with van der Waals surface area (Å²) in [6.07, 6.45) is 2.48. The molecule has 1 aliphatic rings. The molecule has 0 aliphatic heterocycles. The summed E-state index contributed by atoms with van der Waals surface area (Å²) in [5.41, 5.74) is 0. The van der Waals surface area contributed by atoms with E-state index in [9.17, 15) is 0 Å². The van der Waals surface area contributed by atoms with E-state index in [1.807, 2.05) is 0 Å². The van der Waals surface area contributed by atoms with Gasteiger partial charge in [0.25, 0.3) is 0 Å². The molecule has 0 spiro atoms. The molecule has 7 heavy (non-hydrogen) atoms. The zero-order valence-corrected chi connectivity index (χ0v) is 5.48. The first-order valence-corrected chi connectivity index (χ1v) is 3.30. The Hall–Kier alpha value is -0.0300. The summed E-state index contributed by atoms with van der Waals surface area (Å²) in [5.74, 6) is 0.671. The van der Waals surface area contributed by atoms with Gasteiger partial charge >= 0.3 is 0 Å². The van der Waals surface area contributed by atoms with Crippen molar-refractivity contribution in [3.63, 3.8) is 0 Å². The zero-order valence-electron chi connectivity index (χ0n) is 3.89. The smallest absolute Gasteiger partial charge is 0.104 e. The number of nitriles is 1. The lowest BCUT2D eigenvalue weighted by Crippen LogP contribution is -1.92. The molecule has 1 aliphatic carbocycles. The average molecular weight is 160 g/mol. The van der Waals surface area contributed by atoms with Crippen LogP contribution in [0.15, 0.2) is 0 Å². The van der Waals surface area contributed by atoms with Crippen LogP contribution in [0.2, 0.25) is 0 Å². The van der Waals surface area contributed by atoms with Gasteiger partial charge in [-0.1, -0.05) is 15.9 Å². The van der Waals surface area contributed by atoms with Gasteiger partial charge in [-0.3, -0.25) is 0 Å². The van der Waals surface area contributed by atoms with Gasteiger partial charge in [-0.25, -0.2) is 0 Å². The van der Waals surface area contributed by atoms with E-state index in [0.29, 0.717) is 5.92 Å². The largest absolute Gasteiger partial charge is 0.197 e. The lowest BCUT2D eigenvalue weighted by atomic mass is 10.3. The van der Waals surface area contributed by atoms with Crippen molar-refractivity contribution in [1.29, 1.82) is 5.26 Å². The van der Waals surface area contributed by atoms with E-state index in [4.69, 9.17) is 5.26 Å². The van der Waals surface area contributed by atoms with Crippen LogP contribution in [0.25, 0.3) is 0 Å². The van der Waals surface area contributed by atoms with E-state index in [0.717, 1.165) is 0 Å². The average Bonchev–Trinajstić information content (AvgIpc) is 2.44. The molecule has 0 saturated heterocycles. The van der Waals surface area contributed by atoms with Gasteiger partial charge in [0.05, 0.1) is 6.07 Å². The molecule has 0 aromatic rings. The molecule has 0 bridgehead atoms. The molecule has 0 radical (unpaired) electrons. The quantitative estimate of drug-likeness (QED) is 0.535. The van der Waals surface area contributed by atoms with Gasteiger partial charge in [-0.2, -0.15) is 5.26 Å². The molecule has 0 aromatic carbocycles. The van der Waals surface area contributed by atoms with E-state index in [1.54, 1.807) is 0 Å². The summed E-state index contributed by atoms with van der Waals surface area (Å²) in [5, 5.41) is 8.25. The molecule has 1 atom stereocenters. The molecule has 2 heteroatoms. The highest BCUT2D eigenvalue weighted by Crippen LogP contribution is 2.35. The zero-order chi connectivity index (χ0) is 5.28. The Morgan fingerprint density at radius 2 is 2.29 bits per heavy atom. The summed E-state index contributed by atoms with van der Waals surface area (Å²) in [6, 6.07) is 2.14. The molecule has 0 heterocycles. The maximum Gasteiger partial charge on any atom is 0.104 e. The highest BCUT2D eigenvalue weighted by Gasteiger charge is 2.28. The number of alkyl halides is 1. The fourth-order valence-electron chi connectivity index (χ4n) is 0.494. The number of hydrogen-bond acceptors (Lipinski definition) is 1. The van der Waals surface area contributed by atoms with Gasteiger partial charge < -0.3 is 0 Å². The molecule has 0 N–H and O–H groups in total. The van der Waals surface area contributed by atoms with Crippen LogP contribution in [0.1, 0.15) is 12.8 Å². The third kappa shape index (κ3) is 1.17. The first kappa shape index (κ1) is 5.11. The van der Waals surface area contributed by atoms with Gasteiger partial charge in [-0.05, 0) is 18.8 Å². The lowest BCUT2D eigenvalue weighted by molar-refractivity contribution is 0.904. The Bertz CT molecular complexity index is 101. The Kier molecular flexibility index (Phi) is 1.34. The first-order chi connectivity index (χ1) is 3.34. The Balaban J connectivity index is 2.27. The van der Waals surface area contributed by atoms with Crippen LogP contribution in [-0.2, 0) is 0 Å². The first-order valence-electron chi connectivity index (χ1n) is 2.38. The van der Waals surface area contributed by atoms with Crippen LogP contribution in [0.4, 0.5) is 0 Å². The topological polar surface area (TPSA) is 23.8 Å². The van der Waals surface area contributed by atoms with Crippen LogP contribution in [0.3, 0.4) is 0 Å². The van der Waals surface area contributed by atoms with Crippen LogP contribution in [0.5, 0.6) is 0 Å². The normalized spacial score (nSPS) is 23.4. The van der Waals surface area contributed by atoms with Crippen molar-refractivity contribution in [3.05, 3.63) is 0 Å². The lowest BCUT2D eigenvalue weighted by Gasteiger charge is -1.88.